The Morgan fingerprint density at radius 2 is 1.54 bits per heavy atom. The lowest BCUT2D eigenvalue weighted by Crippen LogP contribution is -2.47. The highest BCUT2D eigenvalue weighted by Gasteiger charge is 2.22. The van der Waals surface area contributed by atoms with Crippen LogP contribution in [0.1, 0.15) is 77.6 Å². The van der Waals surface area contributed by atoms with E-state index in [1.165, 1.54) is 44.9 Å². The Morgan fingerprint density at radius 1 is 1.00 bits per heavy atom. The molecule has 0 saturated heterocycles. The number of carbonyl (C=O) groups is 1. The molecule has 0 bridgehead atoms. The summed E-state index contributed by atoms with van der Waals surface area (Å²) in [5, 5.41) is 9.70. The minimum absolute atomic E-state index is 0.161. The third kappa shape index (κ3) is 18.7. The number of ether oxygens (including phenoxy) is 1. The standard InChI is InChI=1S/C20H41NO6S/c1-4-5-6-7-8-9-10-11-12-14-20(23)27-16-13-15-21(2,3)17-19(22)18-28(24,25)26/h19,22H,4-18H2,1-3H3. The quantitative estimate of drug-likeness (QED) is 0.157. The van der Waals surface area contributed by atoms with Crippen molar-refractivity contribution in [1.82, 2.24) is 0 Å². The van der Waals surface area contributed by atoms with Crippen molar-refractivity contribution in [3.8, 4) is 0 Å². The van der Waals surface area contributed by atoms with E-state index in [0.717, 1.165) is 12.8 Å². The molecule has 1 atom stereocenters. The van der Waals surface area contributed by atoms with Crippen LogP contribution in [0.3, 0.4) is 0 Å². The Hall–Kier alpha value is -0.700. The molecule has 7 nitrogen and oxygen atoms in total. The zero-order valence-electron chi connectivity index (χ0n) is 18.0. The summed E-state index contributed by atoms with van der Waals surface area (Å²) in [4.78, 5) is 11.7. The summed E-state index contributed by atoms with van der Waals surface area (Å²) in [6.07, 6.45) is 10.7. The second-order valence-electron chi connectivity index (χ2n) is 8.37. The molecule has 0 fully saturated rings. The van der Waals surface area contributed by atoms with Gasteiger partial charge in [-0.2, -0.15) is 0 Å². The maximum atomic E-state index is 11.7. The molecular weight excluding hydrogens is 382 g/mol. The zero-order chi connectivity index (χ0) is 21.5. The first kappa shape index (κ1) is 27.3. The van der Waals surface area contributed by atoms with Crippen molar-refractivity contribution in [2.75, 3.05) is 39.5 Å². The Morgan fingerprint density at radius 3 is 2.07 bits per heavy atom. The van der Waals surface area contributed by atoms with Crippen LogP contribution in [0, 0.1) is 0 Å². The topological polar surface area (TPSA) is 104 Å². The van der Waals surface area contributed by atoms with Gasteiger partial charge in [-0.05, 0) is 6.42 Å². The van der Waals surface area contributed by atoms with Crippen molar-refractivity contribution < 1.29 is 32.1 Å². The summed E-state index contributed by atoms with van der Waals surface area (Å²) >= 11 is 0. The Balaban J connectivity index is 3.67. The molecular formula is C20H41NO6S. The van der Waals surface area contributed by atoms with Crippen molar-refractivity contribution in [2.45, 2.75) is 83.7 Å². The SMILES string of the molecule is CCCCCCCCCCCC(=O)OCCC[N+](C)(C)CC(O)CS(=O)(=O)[O-]. The molecule has 28 heavy (non-hydrogen) atoms. The first-order valence-corrected chi connectivity index (χ1v) is 12.2. The van der Waals surface area contributed by atoms with Crippen molar-refractivity contribution in [3.05, 3.63) is 0 Å². The second-order valence-corrected chi connectivity index (χ2v) is 9.82. The molecule has 1 unspecified atom stereocenters. The van der Waals surface area contributed by atoms with Gasteiger partial charge in [0.25, 0.3) is 0 Å². The van der Waals surface area contributed by atoms with Gasteiger partial charge in [-0.25, -0.2) is 8.42 Å². The molecule has 0 aliphatic rings. The van der Waals surface area contributed by atoms with Crippen LogP contribution in [-0.4, -0.2) is 74.2 Å². The van der Waals surface area contributed by atoms with E-state index in [0.29, 0.717) is 30.5 Å². The Bertz CT molecular complexity index is 507. The van der Waals surface area contributed by atoms with Gasteiger partial charge in [-0.3, -0.25) is 4.79 Å². The number of aliphatic hydroxyl groups is 1. The van der Waals surface area contributed by atoms with Gasteiger partial charge in [0.2, 0.25) is 0 Å². The van der Waals surface area contributed by atoms with Crippen LogP contribution in [0.2, 0.25) is 0 Å². The zero-order valence-corrected chi connectivity index (χ0v) is 18.8. The molecule has 1 N–H and O–H groups in total. The highest BCUT2D eigenvalue weighted by Crippen LogP contribution is 2.11. The number of unbranched alkanes of at least 4 members (excludes halogenated alkanes) is 8. The minimum Gasteiger partial charge on any atom is -0.748 e. The predicted molar refractivity (Wildman–Crippen MR) is 110 cm³/mol. The van der Waals surface area contributed by atoms with Gasteiger partial charge in [-0.1, -0.05) is 58.3 Å². The van der Waals surface area contributed by atoms with Crippen LogP contribution in [0.5, 0.6) is 0 Å². The molecule has 0 heterocycles. The molecule has 0 aliphatic heterocycles. The largest absolute Gasteiger partial charge is 0.748 e. The van der Waals surface area contributed by atoms with Gasteiger partial charge in [0.05, 0.1) is 43.1 Å². The smallest absolute Gasteiger partial charge is 0.305 e. The number of aliphatic hydroxyl groups excluding tert-OH is 1. The molecule has 0 aliphatic carbocycles. The average Bonchev–Trinajstić information content (AvgIpc) is 2.55. The fourth-order valence-corrected chi connectivity index (χ4v) is 3.86. The summed E-state index contributed by atoms with van der Waals surface area (Å²) in [5.41, 5.74) is 0. The third-order valence-electron chi connectivity index (χ3n) is 4.76. The number of hydrogen-bond acceptors (Lipinski definition) is 6. The Labute approximate surface area is 171 Å². The molecule has 0 amide bonds. The minimum atomic E-state index is -4.43. The number of likely N-dealkylation sites (N-methyl/N-ethyl adjacent to an activating group) is 1. The molecule has 0 saturated carbocycles. The van der Waals surface area contributed by atoms with E-state index in [-0.39, 0.29) is 12.5 Å². The summed E-state index contributed by atoms with van der Waals surface area (Å²) in [6.45, 7) is 3.30. The van der Waals surface area contributed by atoms with Gasteiger partial charge in [-0.15, -0.1) is 0 Å². The normalized spacial score (nSPS) is 13.5. The third-order valence-corrected chi connectivity index (χ3v) is 5.55. The van der Waals surface area contributed by atoms with Crippen molar-refractivity contribution >= 4 is 16.1 Å². The van der Waals surface area contributed by atoms with Crippen LogP contribution in [0.25, 0.3) is 0 Å². The number of esters is 1. The van der Waals surface area contributed by atoms with Gasteiger partial charge in [0.1, 0.15) is 12.6 Å². The van der Waals surface area contributed by atoms with E-state index < -0.39 is 22.0 Å². The number of quaternary nitrogens is 1. The van der Waals surface area contributed by atoms with E-state index in [1.54, 1.807) is 0 Å². The van der Waals surface area contributed by atoms with Gasteiger partial charge in [0.15, 0.2) is 0 Å². The fraction of sp³-hybridized carbons (Fsp3) is 0.950. The van der Waals surface area contributed by atoms with Crippen LogP contribution in [-0.2, 0) is 19.6 Å². The van der Waals surface area contributed by atoms with Crippen LogP contribution in [0.4, 0.5) is 0 Å². The predicted octanol–water partition coefficient (Wildman–Crippen LogP) is 2.82. The average molecular weight is 424 g/mol. The van der Waals surface area contributed by atoms with Crippen molar-refractivity contribution in [3.63, 3.8) is 0 Å². The molecule has 168 valence electrons. The summed E-state index contributed by atoms with van der Waals surface area (Å²) in [6, 6.07) is 0. The monoisotopic (exact) mass is 423 g/mol. The lowest BCUT2D eigenvalue weighted by Gasteiger charge is -2.32. The number of rotatable bonds is 18. The molecule has 0 aromatic rings. The van der Waals surface area contributed by atoms with E-state index in [1.807, 2.05) is 14.1 Å². The van der Waals surface area contributed by atoms with Crippen molar-refractivity contribution in [1.29, 1.82) is 0 Å². The maximum Gasteiger partial charge on any atom is 0.305 e. The summed E-state index contributed by atoms with van der Waals surface area (Å²) in [7, 11) is -0.756. The first-order valence-electron chi connectivity index (χ1n) is 10.6. The van der Waals surface area contributed by atoms with E-state index >= 15 is 0 Å². The highest BCUT2D eigenvalue weighted by molar-refractivity contribution is 7.85. The molecule has 0 radical (unpaired) electrons. The van der Waals surface area contributed by atoms with E-state index in [9.17, 15) is 22.9 Å². The van der Waals surface area contributed by atoms with Gasteiger partial charge >= 0.3 is 5.97 Å². The molecule has 0 rings (SSSR count). The second kappa shape index (κ2) is 15.2. The molecule has 0 aromatic heterocycles. The van der Waals surface area contributed by atoms with Gasteiger partial charge in [0, 0.05) is 12.8 Å². The number of hydrogen-bond donors (Lipinski definition) is 1. The van der Waals surface area contributed by atoms with Crippen LogP contribution in [0.15, 0.2) is 0 Å². The molecule has 0 spiro atoms. The first-order chi connectivity index (χ1) is 13.1. The molecule has 0 aromatic carbocycles. The van der Waals surface area contributed by atoms with Gasteiger partial charge < -0.3 is 18.9 Å². The van der Waals surface area contributed by atoms with Crippen LogP contribution < -0.4 is 0 Å². The lowest BCUT2D eigenvalue weighted by atomic mass is 10.1. The van der Waals surface area contributed by atoms with E-state index in [4.69, 9.17) is 4.74 Å². The molecule has 8 heteroatoms. The van der Waals surface area contributed by atoms with E-state index in [2.05, 4.69) is 6.92 Å². The highest BCUT2D eigenvalue weighted by atomic mass is 32.2. The maximum absolute atomic E-state index is 11.7. The Kier molecular flexibility index (Phi) is 14.8. The summed E-state index contributed by atoms with van der Waals surface area (Å²) < 4.78 is 37.6. The summed E-state index contributed by atoms with van der Waals surface area (Å²) in [5.74, 6) is -0.951. The van der Waals surface area contributed by atoms with Crippen LogP contribution >= 0.6 is 0 Å². The lowest BCUT2D eigenvalue weighted by molar-refractivity contribution is -0.893. The fourth-order valence-electron chi connectivity index (χ4n) is 3.28. The van der Waals surface area contributed by atoms with Crippen molar-refractivity contribution in [2.24, 2.45) is 0 Å². The number of carbonyl (C=O) groups excluding carboxylic acids is 1. The number of nitrogens with zero attached hydrogens (tertiary/aromatic N) is 1.